The van der Waals surface area contributed by atoms with Crippen molar-refractivity contribution in [3.05, 3.63) is 75.0 Å². The van der Waals surface area contributed by atoms with Gasteiger partial charge in [-0.25, -0.2) is 9.55 Å². The molecule has 26 heavy (non-hydrogen) atoms. The van der Waals surface area contributed by atoms with Crippen LogP contribution in [0.2, 0.25) is 0 Å². The molecule has 0 aliphatic rings. The van der Waals surface area contributed by atoms with Gasteiger partial charge in [-0.2, -0.15) is 0 Å². The van der Waals surface area contributed by atoms with E-state index < -0.39 is 4.92 Å². The highest BCUT2D eigenvalue weighted by Gasteiger charge is 2.23. The lowest BCUT2D eigenvalue weighted by atomic mass is 10.1. The van der Waals surface area contributed by atoms with Crippen LogP contribution in [0.1, 0.15) is 33.1 Å². The van der Waals surface area contributed by atoms with Gasteiger partial charge in [-0.3, -0.25) is 4.79 Å². The van der Waals surface area contributed by atoms with Crippen molar-refractivity contribution in [2.45, 2.75) is 34.2 Å². The topological polar surface area (TPSA) is 83.0 Å². The predicted octanol–water partition coefficient (Wildman–Crippen LogP) is 3.70. The summed E-state index contributed by atoms with van der Waals surface area (Å²) in [5.41, 5.74) is 4.46. The van der Waals surface area contributed by atoms with Gasteiger partial charge in [0.2, 0.25) is 5.78 Å². The molecule has 0 saturated heterocycles. The molecule has 0 amide bonds. The monoisotopic (exact) mass is 352 g/mol. The number of nitrogens with zero attached hydrogens (tertiary/aromatic N) is 4. The highest BCUT2D eigenvalue weighted by atomic mass is 16.6. The van der Waals surface area contributed by atoms with Crippen molar-refractivity contribution in [3.63, 3.8) is 0 Å². The largest absolute Gasteiger partial charge is 0.358 e. The number of rotatable bonds is 5. The number of benzene rings is 1. The molecular formula is C19H20N4O3. The molecule has 0 saturated carbocycles. The fourth-order valence-corrected chi connectivity index (χ4v) is 3.16. The van der Waals surface area contributed by atoms with Crippen LogP contribution in [0, 0.1) is 37.8 Å². The third-order valence-electron chi connectivity index (χ3n) is 4.55. The number of nitro groups is 1. The van der Waals surface area contributed by atoms with Crippen LogP contribution in [0.25, 0.3) is 5.69 Å². The first-order chi connectivity index (χ1) is 12.3. The molecule has 3 rings (SSSR count). The van der Waals surface area contributed by atoms with Crippen molar-refractivity contribution in [2.75, 3.05) is 0 Å². The number of ketones is 1. The Kier molecular flexibility index (Phi) is 4.46. The van der Waals surface area contributed by atoms with Crippen molar-refractivity contribution in [2.24, 2.45) is 0 Å². The van der Waals surface area contributed by atoms with Crippen LogP contribution in [0.15, 0.2) is 36.5 Å². The van der Waals surface area contributed by atoms with E-state index in [9.17, 15) is 14.9 Å². The van der Waals surface area contributed by atoms with Crippen molar-refractivity contribution in [1.82, 2.24) is 14.1 Å². The number of Topliss-reactive ketones (excluding diaryl/α,β-unsaturated/α-hetero) is 1. The van der Waals surface area contributed by atoms with Gasteiger partial charge in [0, 0.05) is 29.6 Å². The summed E-state index contributed by atoms with van der Waals surface area (Å²) < 4.78 is 3.35. The molecule has 0 radical (unpaired) electrons. The second-order valence-electron chi connectivity index (χ2n) is 6.39. The molecule has 0 atom stereocenters. The predicted molar refractivity (Wildman–Crippen MR) is 97.9 cm³/mol. The minimum absolute atomic E-state index is 0.111. The zero-order chi connectivity index (χ0) is 19.0. The van der Waals surface area contributed by atoms with E-state index in [4.69, 9.17) is 0 Å². The minimum atomic E-state index is -0.525. The highest BCUT2D eigenvalue weighted by Crippen LogP contribution is 2.23. The molecule has 0 fully saturated rings. The number of hydrogen-bond donors (Lipinski definition) is 0. The molecule has 0 bridgehead atoms. The summed E-state index contributed by atoms with van der Waals surface area (Å²) in [6, 6.07) is 9.89. The van der Waals surface area contributed by atoms with Crippen molar-refractivity contribution < 1.29 is 9.72 Å². The first-order valence-electron chi connectivity index (χ1n) is 8.25. The van der Waals surface area contributed by atoms with Gasteiger partial charge in [0.15, 0.2) is 12.4 Å². The maximum absolute atomic E-state index is 12.8. The van der Waals surface area contributed by atoms with Crippen LogP contribution in [0.4, 0.5) is 5.82 Å². The van der Waals surface area contributed by atoms with Crippen molar-refractivity contribution >= 4 is 11.6 Å². The highest BCUT2D eigenvalue weighted by molar-refractivity contribution is 5.97. The fourth-order valence-electron chi connectivity index (χ4n) is 3.16. The third kappa shape index (κ3) is 3.03. The van der Waals surface area contributed by atoms with Crippen LogP contribution < -0.4 is 0 Å². The average molecular weight is 352 g/mol. The number of aryl methyl sites for hydroxylation is 3. The van der Waals surface area contributed by atoms with E-state index >= 15 is 0 Å². The molecule has 0 unspecified atom stereocenters. The summed E-state index contributed by atoms with van der Waals surface area (Å²) >= 11 is 0. The van der Waals surface area contributed by atoms with Crippen LogP contribution in [0.5, 0.6) is 0 Å². The Bertz CT molecular complexity index is 997. The van der Waals surface area contributed by atoms with Gasteiger partial charge in [-0.15, -0.1) is 0 Å². The quantitative estimate of drug-likeness (QED) is 0.398. The zero-order valence-corrected chi connectivity index (χ0v) is 15.2. The number of carbonyl (C=O) groups excluding carboxylic acids is 1. The van der Waals surface area contributed by atoms with Gasteiger partial charge >= 0.3 is 5.82 Å². The van der Waals surface area contributed by atoms with Crippen LogP contribution in [-0.2, 0) is 6.54 Å². The second-order valence-corrected chi connectivity index (χ2v) is 6.39. The standard InChI is InChI=1S/C19H20N4O3/c1-12-5-7-16(8-6-12)22-13(2)9-17(14(22)3)18(24)11-21-15(4)20-10-19(21)23(25)26/h5-10H,11H2,1-4H3. The summed E-state index contributed by atoms with van der Waals surface area (Å²) in [4.78, 5) is 27.4. The minimum Gasteiger partial charge on any atom is -0.358 e. The summed E-state index contributed by atoms with van der Waals surface area (Å²) in [6.07, 6.45) is 1.18. The van der Waals surface area contributed by atoms with Crippen molar-refractivity contribution in [3.8, 4) is 5.69 Å². The summed E-state index contributed by atoms with van der Waals surface area (Å²) in [6.45, 7) is 7.38. The molecule has 0 spiro atoms. The van der Waals surface area contributed by atoms with E-state index in [0.29, 0.717) is 11.4 Å². The SMILES string of the molecule is Cc1ccc(-n2c(C)cc(C(=O)Cn3c([N+](=O)[O-])cnc3C)c2C)cc1. The van der Waals surface area contributed by atoms with E-state index in [1.54, 1.807) is 6.92 Å². The van der Waals surface area contributed by atoms with Crippen LogP contribution >= 0.6 is 0 Å². The number of aromatic nitrogens is 3. The van der Waals surface area contributed by atoms with Gasteiger partial charge < -0.3 is 14.7 Å². The third-order valence-corrected chi connectivity index (χ3v) is 4.55. The summed E-state index contributed by atoms with van der Waals surface area (Å²) in [7, 11) is 0. The maximum atomic E-state index is 12.8. The molecule has 3 aromatic rings. The van der Waals surface area contributed by atoms with Gasteiger partial charge in [-0.05, 0) is 43.9 Å². The van der Waals surface area contributed by atoms with E-state index in [1.807, 2.05) is 55.7 Å². The first kappa shape index (κ1) is 17.6. The van der Waals surface area contributed by atoms with Crippen molar-refractivity contribution in [1.29, 1.82) is 0 Å². The maximum Gasteiger partial charge on any atom is 0.343 e. The Balaban J connectivity index is 1.97. The Morgan fingerprint density at radius 3 is 2.42 bits per heavy atom. The number of carbonyl (C=O) groups is 1. The lowest BCUT2D eigenvalue weighted by Crippen LogP contribution is -2.14. The van der Waals surface area contributed by atoms with Gasteiger partial charge in [0.25, 0.3) is 0 Å². The van der Waals surface area contributed by atoms with E-state index in [2.05, 4.69) is 4.98 Å². The van der Waals surface area contributed by atoms with E-state index in [1.165, 1.54) is 10.8 Å². The van der Waals surface area contributed by atoms with Gasteiger partial charge in [0.05, 0.1) is 0 Å². The molecular weight excluding hydrogens is 332 g/mol. The Hall–Kier alpha value is -3.22. The number of hydrogen-bond acceptors (Lipinski definition) is 4. The summed E-state index contributed by atoms with van der Waals surface area (Å²) in [5.74, 6) is 0.0845. The van der Waals surface area contributed by atoms with Crippen LogP contribution in [-0.4, -0.2) is 24.8 Å². The molecule has 134 valence electrons. The zero-order valence-electron chi connectivity index (χ0n) is 15.2. The average Bonchev–Trinajstić information content (AvgIpc) is 3.09. The molecule has 7 nitrogen and oxygen atoms in total. The molecule has 2 aromatic heterocycles. The molecule has 0 aliphatic carbocycles. The van der Waals surface area contributed by atoms with Gasteiger partial charge in [-0.1, -0.05) is 17.7 Å². The lowest BCUT2D eigenvalue weighted by molar-refractivity contribution is -0.392. The Morgan fingerprint density at radius 2 is 1.81 bits per heavy atom. The second kappa shape index (κ2) is 6.59. The van der Waals surface area contributed by atoms with E-state index in [0.717, 1.165) is 22.6 Å². The normalized spacial score (nSPS) is 10.9. The first-order valence-corrected chi connectivity index (χ1v) is 8.25. The molecule has 7 heteroatoms. The smallest absolute Gasteiger partial charge is 0.343 e. The number of imidazole rings is 1. The Morgan fingerprint density at radius 1 is 1.15 bits per heavy atom. The molecule has 0 aliphatic heterocycles. The lowest BCUT2D eigenvalue weighted by Gasteiger charge is -2.10. The van der Waals surface area contributed by atoms with Gasteiger partial charge in [0.1, 0.15) is 6.20 Å². The molecule has 2 heterocycles. The van der Waals surface area contributed by atoms with E-state index in [-0.39, 0.29) is 18.1 Å². The molecule has 1 aromatic carbocycles. The van der Waals surface area contributed by atoms with Crippen LogP contribution in [0.3, 0.4) is 0 Å². The summed E-state index contributed by atoms with van der Waals surface area (Å²) in [5, 5.41) is 11.1. The molecule has 0 N–H and O–H groups in total. The fraction of sp³-hybridized carbons (Fsp3) is 0.263. The Labute approximate surface area is 151 Å².